The maximum Gasteiger partial charge on any atom is 0.399 e. The highest BCUT2D eigenvalue weighted by atomic mass is 32.3. The van der Waals surface area contributed by atoms with Crippen LogP contribution < -0.4 is 4.90 Å². The van der Waals surface area contributed by atoms with Crippen molar-refractivity contribution in [1.29, 1.82) is 0 Å². The number of hydrogen-bond donors (Lipinski definition) is 2. The van der Waals surface area contributed by atoms with Gasteiger partial charge in [0.1, 0.15) is 0 Å². The molecule has 2 atom stereocenters. The van der Waals surface area contributed by atoms with Crippen LogP contribution in [0.4, 0.5) is 5.69 Å². The molecule has 2 rings (SSSR count). The maximum absolute atomic E-state index is 10.8. The molecule has 0 saturated heterocycles. The first-order valence-electron chi connectivity index (χ1n) is 10.7. The summed E-state index contributed by atoms with van der Waals surface area (Å²) in [6, 6.07) is 16.5. The molecule has 0 aliphatic heterocycles. The lowest BCUT2D eigenvalue weighted by atomic mass is 9.88. The molecule has 0 fully saturated rings. The molecular formula is C24H33NO5S. The van der Waals surface area contributed by atoms with E-state index in [4.69, 9.17) is 4.55 Å². The maximum atomic E-state index is 10.8. The van der Waals surface area contributed by atoms with E-state index in [9.17, 15) is 13.5 Å². The average molecular weight is 448 g/mol. The van der Waals surface area contributed by atoms with Crippen molar-refractivity contribution < 1.29 is 22.3 Å². The van der Waals surface area contributed by atoms with Gasteiger partial charge in [0.05, 0.1) is 0 Å². The van der Waals surface area contributed by atoms with Crippen LogP contribution in [0.2, 0.25) is 0 Å². The van der Waals surface area contributed by atoms with Gasteiger partial charge in [0.15, 0.2) is 6.29 Å². The molecule has 2 N–H and O–H groups in total. The Hall–Kier alpha value is -2.19. The van der Waals surface area contributed by atoms with Crippen molar-refractivity contribution >= 4 is 28.2 Å². The monoisotopic (exact) mass is 447 g/mol. The van der Waals surface area contributed by atoms with Crippen LogP contribution in [0.1, 0.15) is 62.6 Å². The predicted molar refractivity (Wildman–Crippen MR) is 126 cm³/mol. The van der Waals surface area contributed by atoms with Crippen molar-refractivity contribution in [1.82, 2.24) is 0 Å². The molecule has 7 heteroatoms. The van der Waals surface area contributed by atoms with Crippen LogP contribution in [0.3, 0.4) is 0 Å². The summed E-state index contributed by atoms with van der Waals surface area (Å²) in [5.41, 5.74) is 4.52. The van der Waals surface area contributed by atoms with Crippen molar-refractivity contribution in [3.05, 3.63) is 65.2 Å². The molecule has 31 heavy (non-hydrogen) atoms. The van der Waals surface area contributed by atoms with Gasteiger partial charge in [-0.25, -0.2) is 4.18 Å². The van der Waals surface area contributed by atoms with E-state index in [0.717, 1.165) is 36.2 Å². The minimum Gasteiger partial charge on any atom is -0.372 e. The van der Waals surface area contributed by atoms with E-state index in [-0.39, 0.29) is 12.3 Å². The Morgan fingerprint density at radius 3 is 2.19 bits per heavy atom. The van der Waals surface area contributed by atoms with Crippen LogP contribution in [0.5, 0.6) is 0 Å². The highest BCUT2D eigenvalue weighted by Crippen LogP contribution is 2.30. The highest BCUT2D eigenvalue weighted by Gasteiger charge is 2.18. The standard InChI is InChI=1S/C24H33NO5S/c1-4-20(15-18-24(26)30-31(27,28)29)23-10-8-7-9-21(23)14-11-19-12-16-22(17-13-19)25(5-2)6-3/h7-14,16-17,20,24,26H,4-6,15,18H2,1-3H3,(H,27,28,29). The fraction of sp³-hybridized carbons (Fsp3) is 0.417. The van der Waals surface area contributed by atoms with Gasteiger partial charge in [0.25, 0.3) is 0 Å². The number of benzene rings is 2. The van der Waals surface area contributed by atoms with Gasteiger partial charge >= 0.3 is 10.4 Å². The zero-order valence-corrected chi connectivity index (χ0v) is 19.3. The van der Waals surface area contributed by atoms with E-state index in [2.05, 4.69) is 59.3 Å². The lowest BCUT2D eigenvalue weighted by molar-refractivity contribution is -0.0276. The molecule has 0 aliphatic rings. The molecule has 0 radical (unpaired) electrons. The lowest BCUT2D eigenvalue weighted by Gasteiger charge is -2.21. The van der Waals surface area contributed by atoms with Crippen molar-refractivity contribution in [3.8, 4) is 0 Å². The summed E-state index contributed by atoms with van der Waals surface area (Å²) in [6.07, 6.45) is 4.04. The molecule has 0 aliphatic carbocycles. The number of rotatable bonds is 12. The Bertz CT molecular complexity index is 937. The van der Waals surface area contributed by atoms with Gasteiger partial charge in [0.2, 0.25) is 0 Å². The van der Waals surface area contributed by atoms with Crippen molar-refractivity contribution in [2.24, 2.45) is 0 Å². The number of aliphatic hydroxyl groups excluding tert-OH is 1. The van der Waals surface area contributed by atoms with E-state index < -0.39 is 16.7 Å². The minimum absolute atomic E-state index is 0.100. The summed E-state index contributed by atoms with van der Waals surface area (Å²) in [4.78, 5) is 2.30. The quantitative estimate of drug-likeness (QED) is 0.267. The van der Waals surface area contributed by atoms with Crippen LogP contribution >= 0.6 is 0 Å². The van der Waals surface area contributed by atoms with E-state index in [1.807, 2.05) is 31.2 Å². The van der Waals surface area contributed by atoms with Gasteiger partial charge in [0, 0.05) is 25.2 Å². The third kappa shape index (κ3) is 8.10. The van der Waals surface area contributed by atoms with Crippen molar-refractivity contribution in [2.75, 3.05) is 18.0 Å². The Morgan fingerprint density at radius 2 is 1.61 bits per heavy atom. The second-order valence-electron chi connectivity index (χ2n) is 7.39. The molecule has 0 saturated carbocycles. The van der Waals surface area contributed by atoms with Crippen LogP contribution in [-0.4, -0.2) is 37.5 Å². The van der Waals surface area contributed by atoms with Crippen molar-refractivity contribution in [3.63, 3.8) is 0 Å². The first-order valence-corrected chi connectivity index (χ1v) is 12.1. The summed E-state index contributed by atoms with van der Waals surface area (Å²) in [6.45, 7) is 8.29. The average Bonchev–Trinajstić information content (AvgIpc) is 2.74. The van der Waals surface area contributed by atoms with Crippen LogP contribution in [-0.2, 0) is 14.6 Å². The third-order valence-electron chi connectivity index (χ3n) is 5.40. The van der Waals surface area contributed by atoms with E-state index >= 15 is 0 Å². The fourth-order valence-electron chi connectivity index (χ4n) is 3.72. The highest BCUT2D eigenvalue weighted by molar-refractivity contribution is 7.80. The van der Waals surface area contributed by atoms with Gasteiger partial charge in [-0.1, -0.05) is 55.5 Å². The lowest BCUT2D eigenvalue weighted by Crippen LogP contribution is -2.21. The molecule has 0 bridgehead atoms. The van der Waals surface area contributed by atoms with E-state index in [1.165, 1.54) is 5.69 Å². The van der Waals surface area contributed by atoms with Crippen LogP contribution in [0.15, 0.2) is 48.5 Å². The zero-order valence-electron chi connectivity index (χ0n) is 18.4. The minimum atomic E-state index is -4.67. The Labute approximate surface area is 186 Å². The first-order chi connectivity index (χ1) is 14.8. The molecule has 6 nitrogen and oxygen atoms in total. The number of anilines is 1. The predicted octanol–water partition coefficient (Wildman–Crippen LogP) is 5.11. The van der Waals surface area contributed by atoms with E-state index in [1.54, 1.807) is 0 Å². The van der Waals surface area contributed by atoms with Crippen molar-refractivity contribution in [2.45, 2.75) is 52.2 Å². The number of aliphatic hydroxyl groups is 1. The third-order valence-corrected chi connectivity index (χ3v) is 5.87. The number of nitrogens with zero attached hydrogens (tertiary/aromatic N) is 1. The van der Waals surface area contributed by atoms with Gasteiger partial charge in [-0.2, -0.15) is 8.42 Å². The fourth-order valence-corrected chi connectivity index (χ4v) is 4.09. The smallest absolute Gasteiger partial charge is 0.372 e. The molecule has 2 aromatic rings. The second-order valence-corrected chi connectivity index (χ2v) is 8.44. The molecule has 0 aromatic heterocycles. The van der Waals surface area contributed by atoms with Gasteiger partial charge < -0.3 is 10.0 Å². The molecular weight excluding hydrogens is 414 g/mol. The number of hydrogen-bond acceptors (Lipinski definition) is 5. The summed E-state index contributed by atoms with van der Waals surface area (Å²) in [5.74, 6) is 0.116. The molecule has 2 unspecified atom stereocenters. The SMILES string of the molecule is CCC(CCC(O)OS(=O)(=O)O)c1ccccc1C=Cc1ccc(N(CC)CC)cc1. The normalized spacial score (nSPS) is 14.0. The summed E-state index contributed by atoms with van der Waals surface area (Å²) >= 11 is 0. The molecule has 0 spiro atoms. The van der Waals surface area contributed by atoms with Gasteiger partial charge in [-0.05, 0) is 61.4 Å². The topological polar surface area (TPSA) is 87.1 Å². The summed E-state index contributed by atoms with van der Waals surface area (Å²) in [5, 5.41) is 9.72. The van der Waals surface area contributed by atoms with Gasteiger partial charge in [-0.15, -0.1) is 0 Å². The largest absolute Gasteiger partial charge is 0.399 e. The van der Waals surface area contributed by atoms with Crippen LogP contribution in [0, 0.1) is 0 Å². The van der Waals surface area contributed by atoms with Gasteiger partial charge in [-0.3, -0.25) is 4.55 Å². The second kappa shape index (κ2) is 12.0. The molecule has 2 aromatic carbocycles. The first kappa shape index (κ1) is 25.1. The Morgan fingerprint density at radius 1 is 0.968 bits per heavy atom. The molecule has 0 heterocycles. The zero-order chi connectivity index (χ0) is 22.9. The van der Waals surface area contributed by atoms with E-state index in [0.29, 0.717) is 6.42 Å². The Kier molecular flexibility index (Phi) is 9.71. The van der Waals surface area contributed by atoms with Crippen LogP contribution in [0.25, 0.3) is 12.2 Å². The Balaban J connectivity index is 2.13. The summed E-state index contributed by atoms with van der Waals surface area (Å²) < 4.78 is 34.4. The molecule has 170 valence electrons. The summed E-state index contributed by atoms with van der Waals surface area (Å²) in [7, 11) is -4.67. The molecule has 0 amide bonds.